The molecule has 1 atom stereocenters. The van der Waals surface area contributed by atoms with Crippen LogP contribution in [0.2, 0.25) is 0 Å². The Hall–Kier alpha value is -2.91. The zero-order valence-corrected chi connectivity index (χ0v) is 13.0. The molecule has 1 aliphatic rings. The highest BCUT2D eigenvalue weighted by Gasteiger charge is 2.50. The second-order valence-corrected chi connectivity index (χ2v) is 5.87. The second kappa shape index (κ2) is 5.82. The van der Waals surface area contributed by atoms with Gasteiger partial charge in [-0.15, -0.1) is 0 Å². The molecule has 3 rings (SSSR count). The summed E-state index contributed by atoms with van der Waals surface area (Å²) in [6.45, 7) is 6.92. The van der Waals surface area contributed by atoms with Gasteiger partial charge in [0.05, 0.1) is 12.1 Å². The highest BCUT2D eigenvalue weighted by molar-refractivity contribution is 5.56. The van der Waals surface area contributed by atoms with Crippen LogP contribution >= 0.6 is 0 Å². The topological polar surface area (TPSA) is 53.3 Å². The van der Waals surface area contributed by atoms with Crippen LogP contribution in [0.5, 0.6) is 0 Å². The maximum absolute atomic E-state index is 14.0. The van der Waals surface area contributed by atoms with Crippen LogP contribution in [-0.2, 0) is 12.3 Å². The second-order valence-electron chi connectivity index (χ2n) is 5.87. The molecule has 0 saturated carbocycles. The van der Waals surface area contributed by atoms with Crippen LogP contribution in [0.15, 0.2) is 24.4 Å². The van der Waals surface area contributed by atoms with E-state index in [-0.39, 0.29) is 23.5 Å². The Bertz CT molecular complexity index is 968. The monoisotopic (exact) mass is 367 g/mol. The summed E-state index contributed by atoms with van der Waals surface area (Å²) in [7, 11) is 0. The van der Waals surface area contributed by atoms with Gasteiger partial charge in [-0.3, -0.25) is 0 Å². The zero-order valence-electron chi connectivity index (χ0n) is 13.0. The van der Waals surface area contributed by atoms with Crippen LogP contribution in [0, 0.1) is 23.7 Å². The molecule has 0 amide bonds. The van der Waals surface area contributed by atoms with E-state index in [1.165, 1.54) is 6.07 Å². The van der Waals surface area contributed by atoms with E-state index in [0.717, 1.165) is 29.0 Å². The molecule has 1 unspecified atom stereocenters. The Kier molecular flexibility index (Phi) is 4.01. The zero-order chi connectivity index (χ0) is 19.3. The minimum atomic E-state index is -4.10. The molecule has 26 heavy (non-hydrogen) atoms. The van der Waals surface area contributed by atoms with Crippen molar-refractivity contribution in [3.63, 3.8) is 0 Å². The van der Waals surface area contributed by atoms with Crippen LogP contribution in [0.25, 0.3) is 10.5 Å². The van der Waals surface area contributed by atoms with Crippen LogP contribution in [0.1, 0.15) is 29.3 Å². The van der Waals surface area contributed by atoms with E-state index in [4.69, 9.17) is 11.8 Å². The lowest BCUT2D eigenvalue weighted by molar-refractivity contribution is -0.123. The van der Waals surface area contributed by atoms with E-state index in [1.807, 2.05) is 0 Å². The first kappa shape index (κ1) is 17.9. The van der Waals surface area contributed by atoms with Crippen molar-refractivity contribution in [3.05, 3.63) is 58.5 Å². The van der Waals surface area contributed by atoms with Crippen LogP contribution < -0.4 is 0 Å². The highest BCUT2D eigenvalue weighted by atomic mass is 19.3. The van der Waals surface area contributed by atoms with Crippen molar-refractivity contribution in [2.45, 2.75) is 30.8 Å². The smallest absolute Gasteiger partial charge is 0.359 e. The van der Waals surface area contributed by atoms with Crippen molar-refractivity contribution < 1.29 is 27.1 Å². The first-order valence-corrected chi connectivity index (χ1v) is 7.39. The lowest BCUT2D eigenvalue weighted by Gasteiger charge is -2.29. The largest absolute Gasteiger partial charge is 0.382 e. The first-order chi connectivity index (χ1) is 12.1. The Morgan fingerprint density at radius 1 is 1.38 bits per heavy atom. The number of halogens is 5. The van der Waals surface area contributed by atoms with E-state index in [2.05, 4.69) is 4.85 Å². The summed E-state index contributed by atoms with van der Waals surface area (Å²) >= 11 is 0. The van der Waals surface area contributed by atoms with Gasteiger partial charge in [0, 0.05) is 29.6 Å². The standard InChI is InChI=1S/C17H10F5N3O/c1-24-12-6-9(2-3-11(12)18)25-7-10(17(21,22)8-23)14-13(25)4-5-16(19,20)15(14)26/h2-3,6-7,15,26H,4-5H2. The molecule has 1 aliphatic carbocycles. The lowest BCUT2D eigenvalue weighted by Crippen LogP contribution is -2.33. The van der Waals surface area contributed by atoms with Gasteiger partial charge < -0.3 is 9.67 Å². The van der Waals surface area contributed by atoms with Gasteiger partial charge in [-0.05, 0) is 24.6 Å². The lowest BCUT2D eigenvalue weighted by atomic mass is 9.87. The molecule has 0 bridgehead atoms. The molecule has 1 heterocycles. The van der Waals surface area contributed by atoms with Gasteiger partial charge in [-0.25, -0.2) is 18.0 Å². The number of rotatable bonds is 2. The summed E-state index contributed by atoms with van der Waals surface area (Å²) in [5.41, 5.74) is -2.06. The van der Waals surface area contributed by atoms with Gasteiger partial charge in [0.25, 0.3) is 5.92 Å². The SMILES string of the molecule is [C-]#[N+]c1cc(-n2cc(C(F)(F)C#N)c3c2CCC(F)(F)C3O)ccc1F. The normalized spacial score (nSPS) is 18.7. The summed E-state index contributed by atoms with van der Waals surface area (Å²) < 4.78 is 70.3. The predicted molar refractivity (Wildman–Crippen MR) is 79.7 cm³/mol. The fourth-order valence-electron chi connectivity index (χ4n) is 3.03. The molecular formula is C17H10F5N3O. The summed E-state index contributed by atoms with van der Waals surface area (Å²) in [6.07, 6.45) is -2.84. The van der Waals surface area contributed by atoms with Crippen LogP contribution in [-0.4, -0.2) is 15.6 Å². The molecule has 9 heteroatoms. The number of alkyl halides is 4. The molecule has 134 valence electrons. The Balaban J connectivity index is 2.29. The summed E-state index contributed by atoms with van der Waals surface area (Å²) in [6, 6.07) is 3.96. The van der Waals surface area contributed by atoms with Crippen LogP contribution in [0.3, 0.4) is 0 Å². The molecule has 0 aliphatic heterocycles. The predicted octanol–water partition coefficient (Wildman–Crippen LogP) is 4.40. The van der Waals surface area contributed by atoms with E-state index in [9.17, 15) is 27.1 Å². The minimum Gasteiger partial charge on any atom is -0.382 e. The molecule has 4 nitrogen and oxygen atoms in total. The minimum absolute atomic E-state index is 0.0316. The molecule has 0 radical (unpaired) electrons. The fourth-order valence-corrected chi connectivity index (χ4v) is 3.03. The molecule has 1 N–H and O–H groups in total. The average molecular weight is 367 g/mol. The summed E-state index contributed by atoms with van der Waals surface area (Å²) in [5.74, 6) is -8.55. The number of hydrogen-bond donors (Lipinski definition) is 1. The van der Waals surface area contributed by atoms with Gasteiger partial charge in [-0.2, -0.15) is 14.0 Å². The third-order valence-electron chi connectivity index (χ3n) is 4.33. The number of fused-ring (bicyclic) bond motifs is 1. The third kappa shape index (κ3) is 2.61. The number of aliphatic hydroxyl groups is 1. The van der Waals surface area contributed by atoms with E-state index < -0.39 is 41.3 Å². The summed E-state index contributed by atoms with van der Waals surface area (Å²) in [5, 5.41) is 18.6. The van der Waals surface area contributed by atoms with Gasteiger partial charge in [0.15, 0.2) is 0 Å². The van der Waals surface area contributed by atoms with Crippen molar-refractivity contribution in [3.8, 4) is 11.8 Å². The van der Waals surface area contributed by atoms with E-state index in [1.54, 1.807) is 0 Å². The average Bonchev–Trinajstić information content (AvgIpc) is 2.99. The highest BCUT2D eigenvalue weighted by Crippen LogP contribution is 2.47. The number of aliphatic hydroxyl groups excluding tert-OH is 1. The van der Waals surface area contributed by atoms with Gasteiger partial charge in [-0.1, -0.05) is 0 Å². The van der Waals surface area contributed by atoms with Crippen molar-refractivity contribution in [1.82, 2.24) is 4.57 Å². The Morgan fingerprint density at radius 3 is 2.69 bits per heavy atom. The number of nitriles is 1. The molecule has 1 aromatic heterocycles. The summed E-state index contributed by atoms with van der Waals surface area (Å²) in [4.78, 5) is 2.97. The first-order valence-electron chi connectivity index (χ1n) is 7.39. The number of aromatic nitrogens is 1. The van der Waals surface area contributed by atoms with Crippen molar-refractivity contribution >= 4 is 5.69 Å². The van der Waals surface area contributed by atoms with Crippen molar-refractivity contribution in [1.29, 1.82) is 5.26 Å². The van der Waals surface area contributed by atoms with Gasteiger partial charge in [0.1, 0.15) is 18.0 Å². The Labute approximate surface area is 144 Å². The maximum Gasteiger partial charge on any atom is 0.359 e. The molecule has 0 fully saturated rings. The molecule has 1 aromatic carbocycles. The molecule has 2 aromatic rings. The third-order valence-corrected chi connectivity index (χ3v) is 4.33. The van der Waals surface area contributed by atoms with Crippen molar-refractivity contribution in [2.75, 3.05) is 0 Å². The van der Waals surface area contributed by atoms with Crippen LogP contribution in [0.4, 0.5) is 27.6 Å². The molecular weight excluding hydrogens is 357 g/mol. The fraction of sp³-hybridized carbons (Fsp3) is 0.294. The number of hydrogen-bond acceptors (Lipinski definition) is 2. The van der Waals surface area contributed by atoms with E-state index in [0.29, 0.717) is 0 Å². The van der Waals surface area contributed by atoms with Crippen molar-refractivity contribution in [2.24, 2.45) is 0 Å². The number of nitrogens with zero attached hydrogens (tertiary/aromatic N) is 3. The van der Waals surface area contributed by atoms with E-state index >= 15 is 0 Å². The van der Waals surface area contributed by atoms with Gasteiger partial charge >= 0.3 is 5.92 Å². The quantitative estimate of drug-likeness (QED) is 0.632. The number of benzene rings is 1. The van der Waals surface area contributed by atoms with Gasteiger partial charge in [0.2, 0.25) is 5.69 Å². The molecule has 0 saturated heterocycles. The molecule has 0 spiro atoms. The Morgan fingerprint density at radius 2 is 2.08 bits per heavy atom. The maximum atomic E-state index is 14.0.